The molecule has 0 saturated carbocycles. The fourth-order valence-corrected chi connectivity index (χ4v) is 2.18. The van der Waals surface area contributed by atoms with Crippen molar-refractivity contribution in [3.8, 4) is 6.07 Å². The molecule has 0 bridgehead atoms. The fourth-order valence-electron chi connectivity index (χ4n) is 1.12. The molecule has 0 unspecified atom stereocenters. The minimum absolute atomic E-state index is 0.548. The Hall–Kier alpha value is -1.51. The maximum Gasteiger partial charge on any atom is 0.195 e. The van der Waals surface area contributed by atoms with Crippen LogP contribution in [0.3, 0.4) is 0 Å². The zero-order chi connectivity index (χ0) is 11.5. The standard InChI is InChI=1S/C10H7ClN4S/c1-15-6-13-14-10(15)16-9-3-2-7(5-12)4-8(9)11/h2-4,6H,1H3. The predicted octanol–water partition coefficient (Wildman–Crippen LogP) is 2.49. The zero-order valence-electron chi connectivity index (χ0n) is 8.38. The van der Waals surface area contributed by atoms with E-state index >= 15 is 0 Å². The first-order chi connectivity index (χ1) is 7.70. The van der Waals surface area contributed by atoms with E-state index < -0.39 is 0 Å². The second-order valence-electron chi connectivity index (χ2n) is 3.08. The zero-order valence-corrected chi connectivity index (χ0v) is 9.96. The van der Waals surface area contributed by atoms with Gasteiger partial charge in [-0.2, -0.15) is 5.26 Å². The molecule has 16 heavy (non-hydrogen) atoms. The molecule has 0 saturated heterocycles. The van der Waals surface area contributed by atoms with Crippen LogP contribution in [-0.4, -0.2) is 14.8 Å². The minimum atomic E-state index is 0.548. The Labute approximate surface area is 102 Å². The number of benzene rings is 1. The highest BCUT2D eigenvalue weighted by Gasteiger charge is 2.07. The Morgan fingerprint density at radius 1 is 1.50 bits per heavy atom. The number of nitrogens with zero attached hydrogens (tertiary/aromatic N) is 4. The number of rotatable bonds is 2. The van der Waals surface area contributed by atoms with E-state index in [-0.39, 0.29) is 0 Å². The van der Waals surface area contributed by atoms with Crippen LogP contribution in [0.15, 0.2) is 34.6 Å². The molecular weight excluding hydrogens is 244 g/mol. The van der Waals surface area contributed by atoms with E-state index in [1.54, 1.807) is 29.1 Å². The molecule has 2 aromatic rings. The lowest BCUT2D eigenvalue weighted by Gasteiger charge is -2.02. The predicted molar refractivity (Wildman–Crippen MR) is 61.3 cm³/mol. The number of nitriles is 1. The van der Waals surface area contributed by atoms with E-state index in [4.69, 9.17) is 16.9 Å². The molecule has 0 N–H and O–H groups in total. The molecule has 80 valence electrons. The molecule has 2 rings (SSSR count). The lowest BCUT2D eigenvalue weighted by atomic mass is 10.2. The third-order valence-corrected chi connectivity index (χ3v) is 3.48. The van der Waals surface area contributed by atoms with E-state index in [1.165, 1.54) is 11.8 Å². The molecule has 0 atom stereocenters. The van der Waals surface area contributed by atoms with Gasteiger partial charge in [-0.3, -0.25) is 0 Å². The van der Waals surface area contributed by atoms with Crippen LogP contribution < -0.4 is 0 Å². The Bertz CT molecular complexity index is 558. The highest BCUT2D eigenvalue weighted by Crippen LogP contribution is 2.32. The highest BCUT2D eigenvalue weighted by molar-refractivity contribution is 7.99. The molecular formula is C10H7ClN4S. The molecule has 0 radical (unpaired) electrons. The molecule has 1 aromatic carbocycles. The molecule has 1 aromatic heterocycles. The van der Waals surface area contributed by atoms with Crippen molar-refractivity contribution in [2.45, 2.75) is 10.1 Å². The van der Waals surface area contributed by atoms with E-state index in [0.717, 1.165) is 10.1 Å². The molecule has 0 aliphatic carbocycles. The summed E-state index contributed by atoms with van der Waals surface area (Å²) < 4.78 is 1.80. The Morgan fingerprint density at radius 2 is 2.31 bits per heavy atom. The molecule has 4 nitrogen and oxygen atoms in total. The Balaban J connectivity index is 2.30. The number of aryl methyl sites for hydroxylation is 1. The van der Waals surface area contributed by atoms with Crippen molar-refractivity contribution in [3.63, 3.8) is 0 Å². The average molecular weight is 251 g/mol. The third-order valence-electron chi connectivity index (χ3n) is 1.93. The Kier molecular flexibility index (Phi) is 3.13. The van der Waals surface area contributed by atoms with Crippen molar-refractivity contribution in [2.24, 2.45) is 7.05 Å². The van der Waals surface area contributed by atoms with Crippen molar-refractivity contribution >= 4 is 23.4 Å². The molecule has 0 amide bonds. The van der Waals surface area contributed by atoms with Gasteiger partial charge >= 0.3 is 0 Å². The maximum absolute atomic E-state index is 8.71. The summed E-state index contributed by atoms with van der Waals surface area (Å²) in [4.78, 5) is 0.858. The monoisotopic (exact) mass is 250 g/mol. The van der Waals surface area contributed by atoms with Gasteiger partial charge in [0.05, 0.1) is 16.7 Å². The smallest absolute Gasteiger partial charge is 0.195 e. The first-order valence-electron chi connectivity index (χ1n) is 4.42. The van der Waals surface area contributed by atoms with Crippen LogP contribution in [0.4, 0.5) is 0 Å². The van der Waals surface area contributed by atoms with Crippen LogP contribution in [0.25, 0.3) is 0 Å². The first-order valence-corrected chi connectivity index (χ1v) is 5.61. The summed E-state index contributed by atoms with van der Waals surface area (Å²) in [5, 5.41) is 17.7. The Morgan fingerprint density at radius 3 is 2.88 bits per heavy atom. The van der Waals surface area contributed by atoms with Crippen LogP contribution in [-0.2, 0) is 7.05 Å². The largest absolute Gasteiger partial charge is 0.311 e. The van der Waals surface area contributed by atoms with Gasteiger partial charge in [0.1, 0.15) is 6.33 Å². The van der Waals surface area contributed by atoms with Gasteiger partial charge in [0.25, 0.3) is 0 Å². The van der Waals surface area contributed by atoms with E-state index in [0.29, 0.717) is 10.6 Å². The van der Waals surface area contributed by atoms with E-state index in [2.05, 4.69) is 10.2 Å². The van der Waals surface area contributed by atoms with Crippen molar-refractivity contribution in [1.29, 1.82) is 5.26 Å². The second kappa shape index (κ2) is 4.56. The minimum Gasteiger partial charge on any atom is -0.311 e. The third kappa shape index (κ3) is 2.18. The molecule has 0 aliphatic heterocycles. The van der Waals surface area contributed by atoms with Gasteiger partial charge in [-0.15, -0.1) is 10.2 Å². The summed E-state index contributed by atoms with van der Waals surface area (Å²) in [5.74, 6) is 0. The van der Waals surface area contributed by atoms with E-state index in [1.807, 2.05) is 13.1 Å². The van der Waals surface area contributed by atoms with Gasteiger partial charge in [0, 0.05) is 11.9 Å². The number of hydrogen-bond acceptors (Lipinski definition) is 4. The quantitative estimate of drug-likeness (QED) is 0.822. The van der Waals surface area contributed by atoms with Crippen LogP contribution >= 0.6 is 23.4 Å². The normalized spacial score (nSPS) is 10.1. The number of hydrogen-bond donors (Lipinski definition) is 0. The summed E-state index contributed by atoms with van der Waals surface area (Å²) in [6.45, 7) is 0. The number of aromatic nitrogens is 3. The van der Waals surface area contributed by atoms with Gasteiger partial charge in [0.2, 0.25) is 0 Å². The van der Waals surface area contributed by atoms with Crippen molar-refractivity contribution < 1.29 is 0 Å². The summed E-state index contributed by atoms with van der Waals surface area (Å²) in [6, 6.07) is 7.21. The highest BCUT2D eigenvalue weighted by atomic mass is 35.5. The number of halogens is 1. The van der Waals surface area contributed by atoms with Crippen LogP contribution in [0, 0.1) is 11.3 Å². The summed E-state index contributed by atoms with van der Waals surface area (Å²) in [6.07, 6.45) is 1.62. The SMILES string of the molecule is Cn1cnnc1Sc1ccc(C#N)cc1Cl. The van der Waals surface area contributed by atoms with Crippen LogP contribution in [0.5, 0.6) is 0 Å². The van der Waals surface area contributed by atoms with Crippen LogP contribution in [0.2, 0.25) is 5.02 Å². The summed E-state index contributed by atoms with van der Waals surface area (Å²) in [7, 11) is 1.86. The second-order valence-corrected chi connectivity index (χ2v) is 4.50. The van der Waals surface area contributed by atoms with Crippen molar-refractivity contribution in [2.75, 3.05) is 0 Å². The lowest BCUT2D eigenvalue weighted by Crippen LogP contribution is -1.88. The van der Waals surface area contributed by atoms with Gasteiger partial charge < -0.3 is 4.57 Å². The van der Waals surface area contributed by atoms with Gasteiger partial charge in [-0.05, 0) is 30.0 Å². The molecule has 6 heteroatoms. The van der Waals surface area contributed by atoms with Gasteiger partial charge in [-0.1, -0.05) is 11.6 Å². The molecule has 0 spiro atoms. The average Bonchev–Trinajstić information content (AvgIpc) is 2.67. The lowest BCUT2D eigenvalue weighted by molar-refractivity contribution is 0.788. The molecule has 0 fully saturated rings. The summed E-state index contributed by atoms with van der Waals surface area (Å²) >= 11 is 7.46. The van der Waals surface area contributed by atoms with E-state index in [9.17, 15) is 0 Å². The summed E-state index contributed by atoms with van der Waals surface area (Å²) in [5.41, 5.74) is 0.548. The maximum atomic E-state index is 8.71. The fraction of sp³-hybridized carbons (Fsp3) is 0.100. The van der Waals surface area contributed by atoms with Crippen LogP contribution in [0.1, 0.15) is 5.56 Å². The molecule has 1 heterocycles. The van der Waals surface area contributed by atoms with Crippen molar-refractivity contribution in [3.05, 3.63) is 35.1 Å². The van der Waals surface area contributed by atoms with Crippen molar-refractivity contribution in [1.82, 2.24) is 14.8 Å². The molecule has 0 aliphatic rings. The van der Waals surface area contributed by atoms with Gasteiger partial charge in [-0.25, -0.2) is 0 Å². The first kappa shape index (κ1) is 11.0. The topological polar surface area (TPSA) is 54.5 Å². The van der Waals surface area contributed by atoms with Gasteiger partial charge in [0.15, 0.2) is 5.16 Å².